The van der Waals surface area contributed by atoms with E-state index in [4.69, 9.17) is 23.2 Å². The molecule has 106 valence electrons. The Kier molecular flexibility index (Phi) is 4.46. The zero-order valence-corrected chi connectivity index (χ0v) is 11.6. The van der Waals surface area contributed by atoms with E-state index in [2.05, 4.69) is 4.98 Å². The molecule has 0 bridgehead atoms. The first-order valence-corrected chi connectivity index (χ1v) is 6.90. The predicted molar refractivity (Wildman–Crippen MR) is 70.0 cm³/mol. The van der Waals surface area contributed by atoms with Gasteiger partial charge in [0.25, 0.3) is 0 Å². The van der Waals surface area contributed by atoms with Crippen LogP contribution in [0.2, 0.25) is 5.02 Å². The smallest absolute Gasteiger partial charge is 0.351 e. The van der Waals surface area contributed by atoms with E-state index in [0.717, 1.165) is 31.5 Å². The Balaban J connectivity index is 2.27. The van der Waals surface area contributed by atoms with E-state index in [1.165, 1.54) is 0 Å². The summed E-state index contributed by atoms with van der Waals surface area (Å²) >= 11 is 11.7. The zero-order chi connectivity index (χ0) is 14.0. The lowest BCUT2D eigenvalue weighted by molar-refractivity contribution is -0.137. The lowest BCUT2D eigenvalue weighted by atomic mass is 9.91. The quantitative estimate of drug-likeness (QED) is 0.768. The number of nitrogens with zero attached hydrogens (tertiary/aromatic N) is 2. The number of hydrogen-bond acceptors (Lipinski definition) is 2. The maximum absolute atomic E-state index is 12.6. The van der Waals surface area contributed by atoms with Crippen molar-refractivity contribution in [1.29, 1.82) is 0 Å². The predicted octanol–water partition coefficient (Wildman–Crippen LogP) is 4.35. The van der Waals surface area contributed by atoms with Gasteiger partial charge in [-0.15, -0.1) is 11.6 Å². The number of rotatable bonds is 4. The molecule has 0 radical (unpaired) electrons. The Morgan fingerprint density at radius 2 is 2.05 bits per heavy atom. The molecule has 1 aromatic heterocycles. The van der Waals surface area contributed by atoms with Gasteiger partial charge in [-0.05, 0) is 25.3 Å². The van der Waals surface area contributed by atoms with Crippen molar-refractivity contribution >= 4 is 29.0 Å². The molecule has 1 saturated carbocycles. The molecule has 1 heterocycles. The second kappa shape index (κ2) is 5.75. The first-order chi connectivity index (χ1) is 8.93. The third kappa shape index (κ3) is 3.26. The Hall–Kier alpha value is -0.680. The average molecular weight is 313 g/mol. The molecular formula is C12H13Cl2F3N2. The van der Waals surface area contributed by atoms with Gasteiger partial charge in [0.05, 0.1) is 10.6 Å². The second-order valence-electron chi connectivity index (χ2n) is 4.49. The summed E-state index contributed by atoms with van der Waals surface area (Å²) in [5.74, 6) is 0.773. The number of halogens is 5. The van der Waals surface area contributed by atoms with E-state index in [1.807, 2.05) is 4.90 Å². The van der Waals surface area contributed by atoms with Gasteiger partial charge in [-0.1, -0.05) is 11.6 Å². The van der Waals surface area contributed by atoms with Crippen LogP contribution < -0.4 is 4.90 Å². The summed E-state index contributed by atoms with van der Waals surface area (Å²) in [5.41, 5.74) is -0.833. The molecule has 0 aliphatic heterocycles. The summed E-state index contributed by atoms with van der Waals surface area (Å²) in [7, 11) is 0. The molecule has 0 atom stereocenters. The van der Waals surface area contributed by atoms with Gasteiger partial charge >= 0.3 is 6.18 Å². The fraction of sp³-hybridized carbons (Fsp3) is 0.583. The molecule has 0 spiro atoms. The van der Waals surface area contributed by atoms with Crippen LogP contribution in [-0.2, 0) is 6.18 Å². The Morgan fingerprint density at radius 1 is 1.37 bits per heavy atom. The van der Waals surface area contributed by atoms with Gasteiger partial charge in [0.15, 0.2) is 0 Å². The summed E-state index contributed by atoms with van der Waals surface area (Å²) in [6, 6.07) is 1.20. The lowest BCUT2D eigenvalue weighted by Gasteiger charge is -2.38. The maximum atomic E-state index is 12.6. The van der Waals surface area contributed by atoms with Gasteiger partial charge in [-0.2, -0.15) is 13.2 Å². The summed E-state index contributed by atoms with van der Waals surface area (Å²) in [6.45, 7) is 0.532. The molecular weight excluding hydrogens is 300 g/mol. The van der Waals surface area contributed by atoms with Gasteiger partial charge in [-0.3, -0.25) is 0 Å². The SMILES string of the molecule is FC(F)(F)c1cnc(N(CCCl)C2CCC2)c(Cl)c1. The highest BCUT2D eigenvalue weighted by Gasteiger charge is 2.33. The molecule has 0 unspecified atom stereocenters. The van der Waals surface area contributed by atoms with Gasteiger partial charge in [0.1, 0.15) is 5.82 Å². The molecule has 2 rings (SSSR count). The fourth-order valence-electron chi connectivity index (χ4n) is 2.05. The molecule has 0 saturated heterocycles. The van der Waals surface area contributed by atoms with Crippen molar-refractivity contribution in [2.45, 2.75) is 31.5 Å². The number of anilines is 1. The van der Waals surface area contributed by atoms with Crippen LogP contribution in [0.5, 0.6) is 0 Å². The average Bonchev–Trinajstić information content (AvgIpc) is 2.24. The van der Waals surface area contributed by atoms with Crippen molar-refractivity contribution in [2.75, 3.05) is 17.3 Å². The molecule has 1 aromatic rings. The largest absolute Gasteiger partial charge is 0.417 e. The minimum atomic E-state index is -4.43. The highest BCUT2D eigenvalue weighted by Crippen LogP contribution is 2.36. The van der Waals surface area contributed by atoms with Crippen LogP contribution in [-0.4, -0.2) is 23.5 Å². The molecule has 0 N–H and O–H groups in total. The molecule has 19 heavy (non-hydrogen) atoms. The third-order valence-corrected chi connectivity index (χ3v) is 3.71. The molecule has 1 aliphatic rings. The topological polar surface area (TPSA) is 16.1 Å². The van der Waals surface area contributed by atoms with Crippen molar-refractivity contribution in [1.82, 2.24) is 4.98 Å². The normalized spacial score (nSPS) is 16.3. The van der Waals surface area contributed by atoms with Crippen LogP contribution in [0.1, 0.15) is 24.8 Å². The van der Waals surface area contributed by atoms with Crippen molar-refractivity contribution in [3.05, 3.63) is 22.8 Å². The first kappa shape index (κ1) is 14.7. The summed E-state index contributed by atoms with van der Waals surface area (Å²) in [4.78, 5) is 5.78. The summed E-state index contributed by atoms with van der Waals surface area (Å²) in [6.07, 6.45) is -0.502. The van der Waals surface area contributed by atoms with E-state index < -0.39 is 11.7 Å². The standard InChI is InChI=1S/C12H13Cl2F3N2/c13-4-5-19(9-2-1-3-9)11-10(14)6-8(7-18-11)12(15,16)17/h6-7,9H,1-5H2. The van der Waals surface area contributed by atoms with Crippen LogP contribution in [0.25, 0.3) is 0 Å². The maximum Gasteiger partial charge on any atom is 0.417 e. The molecule has 2 nitrogen and oxygen atoms in total. The van der Waals surface area contributed by atoms with E-state index in [1.54, 1.807) is 0 Å². The van der Waals surface area contributed by atoms with Crippen LogP contribution in [0.4, 0.5) is 19.0 Å². The van der Waals surface area contributed by atoms with Crippen molar-refractivity contribution in [3.63, 3.8) is 0 Å². The Bertz CT molecular complexity index is 447. The monoisotopic (exact) mass is 312 g/mol. The van der Waals surface area contributed by atoms with E-state index in [0.29, 0.717) is 18.2 Å². The number of aromatic nitrogens is 1. The summed E-state index contributed by atoms with van der Waals surface area (Å²) < 4.78 is 37.7. The summed E-state index contributed by atoms with van der Waals surface area (Å²) in [5, 5.41) is 0.0202. The fourth-order valence-corrected chi connectivity index (χ4v) is 2.50. The minimum absolute atomic E-state index is 0.0202. The Labute approximate surface area is 119 Å². The van der Waals surface area contributed by atoms with E-state index in [-0.39, 0.29) is 11.1 Å². The van der Waals surface area contributed by atoms with Gasteiger partial charge < -0.3 is 4.90 Å². The highest BCUT2D eigenvalue weighted by molar-refractivity contribution is 6.33. The van der Waals surface area contributed by atoms with Crippen LogP contribution in [0.3, 0.4) is 0 Å². The number of alkyl halides is 4. The van der Waals surface area contributed by atoms with Crippen molar-refractivity contribution < 1.29 is 13.2 Å². The Morgan fingerprint density at radius 3 is 2.47 bits per heavy atom. The molecule has 0 aromatic carbocycles. The zero-order valence-electron chi connectivity index (χ0n) is 10.1. The third-order valence-electron chi connectivity index (χ3n) is 3.26. The van der Waals surface area contributed by atoms with Crippen LogP contribution >= 0.6 is 23.2 Å². The van der Waals surface area contributed by atoms with Crippen molar-refractivity contribution in [3.8, 4) is 0 Å². The van der Waals surface area contributed by atoms with Crippen LogP contribution in [0.15, 0.2) is 12.3 Å². The van der Waals surface area contributed by atoms with Crippen molar-refractivity contribution in [2.24, 2.45) is 0 Å². The van der Waals surface area contributed by atoms with Gasteiger partial charge in [0.2, 0.25) is 0 Å². The number of pyridine rings is 1. The lowest BCUT2D eigenvalue weighted by Crippen LogP contribution is -2.42. The van der Waals surface area contributed by atoms with Gasteiger partial charge in [-0.25, -0.2) is 4.98 Å². The molecule has 0 amide bonds. The minimum Gasteiger partial charge on any atom is -0.351 e. The molecule has 1 aliphatic carbocycles. The molecule has 7 heteroatoms. The highest BCUT2D eigenvalue weighted by atomic mass is 35.5. The second-order valence-corrected chi connectivity index (χ2v) is 5.28. The van der Waals surface area contributed by atoms with E-state index in [9.17, 15) is 13.2 Å². The van der Waals surface area contributed by atoms with Gasteiger partial charge in [0, 0.05) is 24.7 Å². The number of hydrogen-bond donors (Lipinski definition) is 0. The van der Waals surface area contributed by atoms with E-state index >= 15 is 0 Å². The molecule has 1 fully saturated rings. The van der Waals surface area contributed by atoms with Crippen LogP contribution in [0, 0.1) is 0 Å². The first-order valence-electron chi connectivity index (χ1n) is 5.99.